The molecule has 0 amide bonds. The van der Waals surface area contributed by atoms with Gasteiger partial charge in [-0.1, -0.05) is 12.1 Å². The van der Waals surface area contributed by atoms with Gasteiger partial charge in [-0.15, -0.1) is 0 Å². The first-order valence-corrected chi connectivity index (χ1v) is 12.5. The molecule has 0 atom stereocenters. The Balaban J connectivity index is 1.29. The number of hydrogen-bond acceptors (Lipinski definition) is 5. The maximum absolute atomic E-state index is 14.6. The summed E-state index contributed by atoms with van der Waals surface area (Å²) in [6.45, 7) is 3.21. The minimum Gasteiger partial charge on any atom is -0.353 e. The zero-order valence-corrected chi connectivity index (χ0v) is 20.1. The highest BCUT2D eigenvalue weighted by atomic mass is 19.1. The molecule has 1 aliphatic heterocycles. The number of rotatable bonds is 5. The van der Waals surface area contributed by atoms with Crippen LogP contribution in [0, 0.1) is 5.82 Å². The monoisotopic (exact) mass is 489 g/mol. The average Bonchev–Trinajstić information content (AvgIpc) is 3.68. The van der Waals surface area contributed by atoms with Crippen molar-refractivity contribution in [2.75, 3.05) is 13.1 Å². The van der Waals surface area contributed by atoms with Crippen molar-refractivity contribution in [2.45, 2.75) is 19.4 Å². The van der Waals surface area contributed by atoms with Crippen LogP contribution in [0.3, 0.4) is 0 Å². The van der Waals surface area contributed by atoms with E-state index in [4.69, 9.17) is 0 Å². The predicted octanol–water partition coefficient (Wildman–Crippen LogP) is 5.97. The molecule has 0 bridgehead atoms. The summed E-state index contributed by atoms with van der Waals surface area (Å²) >= 11 is 0. The molecular formula is C29H24FN7. The number of aromatic nitrogens is 6. The third kappa shape index (κ3) is 3.95. The summed E-state index contributed by atoms with van der Waals surface area (Å²) in [7, 11) is 0. The van der Waals surface area contributed by atoms with E-state index in [9.17, 15) is 4.39 Å². The molecular weight excluding hydrogens is 465 g/mol. The minimum atomic E-state index is -0.301. The molecule has 5 aromatic heterocycles. The quantitative estimate of drug-likeness (QED) is 0.312. The Labute approximate surface area is 212 Å². The molecule has 37 heavy (non-hydrogen) atoms. The highest BCUT2D eigenvalue weighted by Gasteiger charge is 2.17. The molecule has 182 valence electrons. The lowest BCUT2D eigenvalue weighted by molar-refractivity contribution is 0.331. The Morgan fingerprint density at radius 3 is 2.62 bits per heavy atom. The van der Waals surface area contributed by atoms with E-state index in [1.165, 1.54) is 24.5 Å². The number of aromatic amines is 2. The van der Waals surface area contributed by atoms with Gasteiger partial charge in [-0.05, 0) is 67.9 Å². The van der Waals surface area contributed by atoms with Crippen molar-refractivity contribution in [3.63, 3.8) is 0 Å². The third-order valence-corrected chi connectivity index (χ3v) is 7.08. The Hall–Kier alpha value is -4.43. The standard InChI is InChI=1S/C29H24FN7/c30-24-6-2-1-5-21(24)27-22-13-26(34-25(22)7-8-32-27)28-23-12-20(16-33-29(23)36-35-28)19-11-18(14-31-15-19)17-37-9-3-4-10-37/h1-2,5-8,11-16,34H,3-4,9-10,17H2,(H,33,35,36). The van der Waals surface area contributed by atoms with Crippen LogP contribution in [0.25, 0.3) is 55.7 Å². The minimum absolute atomic E-state index is 0.301. The van der Waals surface area contributed by atoms with Crippen molar-refractivity contribution in [1.82, 2.24) is 35.0 Å². The van der Waals surface area contributed by atoms with E-state index in [2.05, 4.69) is 47.2 Å². The van der Waals surface area contributed by atoms with Crippen molar-refractivity contribution in [2.24, 2.45) is 0 Å². The van der Waals surface area contributed by atoms with Crippen LogP contribution in [0.4, 0.5) is 4.39 Å². The number of fused-ring (bicyclic) bond motifs is 2. The molecule has 1 fully saturated rings. The molecule has 0 spiro atoms. The highest BCUT2D eigenvalue weighted by molar-refractivity contribution is 6.00. The fourth-order valence-corrected chi connectivity index (χ4v) is 5.25. The SMILES string of the molecule is Fc1ccccc1-c1nccc2[nH]c(-c3n[nH]c4ncc(-c5cncc(CN6CCCC6)c5)cc34)cc12. The molecule has 8 heteroatoms. The lowest BCUT2D eigenvalue weighted by Gasteiger charge is -2.14. The summed E-state index contributed by atoms with van der Waals surface area (Å²) in [6, 6.07) is 14.9. The van der Waals surface area contributed by atoms with Crippen molar-refractivity contribution in [3.8, 4) is 33.8 Å². The van der Waals surface area contributed by atoms with Gasteiger partial charge in [-0.2, -0.15) is 5.10 Å². The summed E-state index contributed by atoms with van der Waals surface area (Å²) in [4.78, 5) is 19.5. The lowest BCUT2D eigenvalue weighted by atomic mass is 10.1. The van der Waals surface area contributed by atoms with Crippen molar-refractivity contribution >= 4 is 21.9 Å². The topological polar surface area (TPSA) is 86.4 Å². The third-order valence-electron chi connectivity index (χ3n) is 7.08. The summed E-state index contributed by atoms with van der Waals surface area (Å²) in [5.41, 5.74) is 7.40. The van der Waals surface area contributed by atoms with Crippen molar-refractivity contribution < 1.29 is 4.39 Å². The zero-order chi connectivity index (χ0) is 24.8. The summed E-state index contributed by atoms with van der Waals surface area (Å²) < 4.78 is 14.6. The van der Waals surface area contributed by atoms with Gasteiger partial charge in [0.2, 0.25) is 0 Å². The molecule has 1 aromatic carbocycles. The van der Waals surface area contributed by atoms with E-state index in [1.807, 2.05) is 36.8 Å². The van der Waals surface area contributed by atoms with Crippen LogP contribution in [0.15, 0.2) is 73.3 Å². The molecule has 0 aliphatic carbocycles. The first kappa shape index (κ1) is 21.8. The predicted molar refractivity (Wildman–Crippen MR) is 142 cm³/mol. The van der Waals surface area contributed by atoms with Crippen LogP contribution in [0.1, 0.15) is 18.4 Å². The van der Waals surface area contributed by atoms with Gasteiger partial charge >= 0.3 is 0 Å². The van der Waals surface area contributed by atoms with Gasteiger partial charge in [-0.25, -0.2) is 9.37 Å². The van der Waals surface area contributed by atoms with Gasteiger partial charge in [0.15, 0.2) is 5.65 Å². The van der Waals surface area contributed by atoms with Crippen LogP contribution in [-0.4, -0.2) is 48.1 Å². The first-order valence-electron chi connectivity index (χ1n) is 12.5. The Bertz CT molecular complexity index is 1750. The molecule has 0 unspecified atom stereocenters. The van der Waals surface area contributed by atoms with E-state index in [0.29, 0.717) is 16.9 Å². The Morgan fingerprint density at radius 2 is 1.73 bits per heavy atom. The van der Waals surface area contributed by atoms with E-state index < -0.39 is 0 Å². The van der Waals surface area contributed by atoms with Crippen LogP contribution in [0.2, 0.25) is 0 Å². The van der Waals surface area contributed by atoms with Crippen molar-refractivity contribution in [1.29, 1.82) is 0 Å². The lowest BCUT2D eigenvalue weighted by Crippen LogP contribution is -2.18. The van der Waals surface area contributed by atoms with Gasteiger partial charge in [0.25, 0.3) is 0 Å². The van der Waals surface area contributed by atoms with Crippen LogP contribution >= 0.6 is 0 Å². The second-order valence-electron chi connectivity index (χ2n) is 9.54. The van der Waals surface area contributed by atoms with E-state index in [1.54, 1.807) is 18.3 Å². The number of nitrogens with zero attached hydrogens (tertiary/aromatic N) is 5. The second kappa shape index (κ2) is 8.90. The van der Waals surface area contributed by atoms with Gasteiger partial charge < -0.3 is 4.98 Å². The zero-order valence-electron chi connectivity index (χ0n) is 20.1. The molecule has 6 aromatic rings. The number of hydrogen-bond donors (Lipinski definition) is 2. The van der Waals surface area contributed by atoms with E-state index >= 15 is 0 Å². The van der Waals surface area contributed by atoms with Crippen molar-refractivity contribution in [3.05, 3.63) is 84.7 Å². The highest BCUT2D eigenvalue weighted by Crippen LogP contribution is 2.34. The molecule has 1 aliphatic rings. The fraction of sp³-hybridized carbons (Fsp3) is 0.172. The van der Waals surface area contributed by atoms with Crippen LogP contribution < -0.4 is 0 Å². The number of H-pyrrole nitrogens is 2. The molecule has 6 heterocycles. The molecule has 2 N–H and O–H groups in total. The fourth-order valence-electron chi connectivity index (χ4n) is 5.25. The van der Waals surface area contributed by atoms with Crippen LogP contribution in [-0.2, 0) is 6.54 Å². The summed E-state index contributed by atoms with van der Waals surface area (Å²) in [5.74, 6) is -0.301. The molecule has 0 radical (unpaired) electrons. The normalized spacial score (nSPS) is 14.2. The number of pyridine rings is 3. The Morgan fingerprint density at radius 1 is 0.865 bits per heavy atom. The van der Waals surface area contributed by atoms with E-state index in [-0.39, 0.29) is 5.82 Å². The molecule has 7 rings (SSSR count). The largest absolute Gasteiger partial charge is 0.353 e. The summed E-state index contributed by atoms with van der Waals surface area (Å²) in [6.07, 6.45) is 9.90. The smallest absolute Gasteiger partial charge is 0.155 e. The molecule has 1 saturated heterocycles. The average molecular weight is 490 g/mol. The maximum atomic E-state index is 14.6. The Kier molecular flexibility index (Phi) is 5.25. The van der Waals surface area contributed by atoms with Gasteiger partial charge in [0.1, 0.15) is 11.5 Å². The van der Waals surface area contributed by atoms with Crippen LogP contribution in [0.5, 0.6) is 0 Å². The number of halogens is 1. The first-order chi connectivity index (χ1) is 18.2. The second-order valence-corrected chi connectivity index (χ2v) is 9.54. The molecule has 0 saturated carbocycles. The maximum Gasteiger partial charge on any atom is 0.155 e. The van der Waals surface area contributed by atoms with E-state index in [0.717, 1.165) is 58.4 Å². The van der Waals surface area contributed by atoms with Gasteiger partial charge in [-0.3, -0.25) is 20.0 Å². The number of nitrogens with one attached hydrogen (secondary N) is 2. The van der Waals surface area contributed by atoms with Gasteiger partial charge in [0.05, 0.1) is 11.4 Å². The summed E-state index contributed by atoms with van der Waals surface area (Å²) in [5, 5.41) is 9.34. The molecule has 7 nitrogen and oxygen atoms in total. The number of benzene rings is 1. The number of likely N-dealkylation sites (tertiary alicyclic amines) is 1. The van der Waals surface area contributed by atoms with Gasteiger partial charge in [0, 0.05) is 64.3 Å².